The topological polar surface area (TPSA) is 58.1 Å². The summed E-state index contributed by atoms with van der Waals surface area (Å²) in [5, 5.41) is 10.1. The van der Waals surface area contributed by atoms with E-state index in [1.165, 1.54) is 5.57 Å². The number of aliphatic hydroxyl groups is 1. The van der Waals surface area contributed by atoms with Gasteiger partial charge < -0.3 is 14.8 Å². The van der Waals surface area contributed by atoms with Crippen LogP contribution in [0.3, 0.4) is 0 Å². The van der Waals surface area contributed by atoms with Gasteiger partial charge in [0.15, 0.2) is 0 Å². The van der Waals surface area contributed by atoms with Crippen molar-refractivity contribution in [3.63, 3.8) is 0 Å². The van der Waals surface area contributed by atoms with Crippen LogP contribution in [0.2, 0.25) is 0 Å². The quantitative estimate of drug-likeness (QED) is 0.869. The molecule has 0 saturated carbocycles. The predicted molar refractivity (Wildman–Crippen MR) is 76.7 cm³/mol. The van der Waals surface area contributed by atoms with Gasteiger partial charge in [0.25, 0.3) is 0 Å². The molecule has 1 aromatic rings. The molecule has 1 aromatic heterocycles. The van der Waals surface area contributed by atoms with Gasteiger partial charge in [0.2, 0.25) is 0 Å². The van der Waals surface area contributed by atoms with Gasteiger partial charge in [0, 0.05) is 5.57 Å². The van der Waals surface area contributed by atoms with E-state index in [9.17, 15) is 5.11 Å². The van der Waals surface area contributed by atoms with Crippen LogP contribution >= 0.6 is 0 Å². The molecule has 106 valence electrons. The molecule has 20 heavy (non-hydrogen) atoms. The minimum Gasteiger partial charge on any atom is -0.472 e. The minimum absolute atomic E-state index is 0.0477. The van der Waals surface area contributed by atoms with Gasteiger partial charge in [-0.1, -0.05) is 19.9 Å². The maximum absolute atomic E-state index is 10.1. The molecule has 3 rings (SSSR count). The van der Waals surface area contributed by atoms with Gasteiger partial charge in [-0.15, -0.1) is 0 Å². The molecule has 0 aromatic carbocycles. The summed E-state index contributed by atoms with van der Waals surface area (Å²) >= 11 is 0. The summed E-state index contributed by atoms with van der Waals surface area (Å²) in [4.78, 5) is 7.75. The molecule has 0 saturated heterocycles. The Morgan fingerprint density at radius 2 is 2.15 bits per heavy atom. The Bertz CT molecular complexity index is 627. The fourth-order valence-electron chi connectivity index (χ4n) is 2.93. The predicted octanol–water partition coefficient (Wildman–Crippen LogP) is 3.11. The first-order valence-electron chi connectivity index (χ1n) is 6.82. The Hall–Kier alpha value is -1.81. The van der Waals surface area contributed by atoms with E-state index in [-0.39, 0.29) is 11.3 Å². The van der Waals surface area contributed by atoms with Gasteiger partial charge >= 0.3 is 0 Å². The number of hydrogen-bond donors (Lipinski definition) is 2. The van der Waals surface area contributed by atoms with E-state index >= 15 is 0 Å². The van der Waals surface area contributed by atoms with E-state index in [2.05, 4.69) is 29.9 Å². The molecule has 4 nitrogen and oxygen atoms in total. The maximum Gasteiger partial charge on any atom is 0.114 e. The average molecular weight is 272 g/mol. The van der Waals surface area contributed by atoms with Gasteiger partial charge in [-0.2, -0.15) is 0 Å². The van der Waals surface area contributed by atoms with Crippen molar-refractivity contribution in [2.45, 2.75) is 39.2 Å². The fourth-order valence-corrected chi connectivity index (χ4v) is 2.93. The van der Waals surface area contributed by atoms with Crippen molar-refractivity contribution in [3.05, 3.63) is 53.5 Å². The summed E-state index contributed by atoms with van der Waals surface area (Å²) in [6, 6.07) is 0. The lowest BCUT2D eigenvalue weighted by atomic mass is 9.79. The number of nitrogens with one attached hydrogen (secondary N) is 1. The van der Waals surface area contributed by atoms with Crippen LogP contribution in [0.25, 0.3) is 0 Å². The Balaban J connectivity index is 2.02. The zero-order valence-electron chi connectivity index (χ0n) is 12.3. The van der Waals surface area contributed by atoms with Crippen LogP contribution in [0.1, 0.15) is 45.1 Å². The number of nitrogens with zero attached hydrogens (tertiary/aromatic N) is 1. The smallest absolute Gasteiger partial charge is 0.114 e. The molecule has 0 spiro atoms. The van der Waals surface area contributed by atoms with Crippen molar-refractivity contribution in [1.82, 2.24) is 9.97 Å². The third-order valence-corrected chi connectivity index (χ3v) is 3.97. The number of aromatic nitrogens is 2. The Morgan fingerprint density at radius 3 is 2.80 bits per heavy atom. The Kier molecular flexibility index (Phi) is 2.70. The van der Waals surface area contributed by atoms with E-state index in [4.69, 9.17) is 4.74 Å². The van der Waals surface area contributed by atoms with Gasteiger partial charge in [-0.25, -0.2) is 4.98 Å². The zero-order chi connectivity index (χ0) is 14.5. The number of aromatic amines is 1. The molecule has 2 N–H and O–H groups in total. The molecule has 0 amide bonds. The highest BCUT2D eigenvalue weighted by atomic mass is 16.5. The van der Waals surface area contributed by atoms with E-state index < -0.39 is 5.60 Å². The van der Waals surface area contributed by atoms with E-state index in [1.807, 2.05) is 6.08 Å². The first kappa shape index (κ1) is 13.2. The minimum atomic E-state index is -0.915. The third kappa shape index (κ3) is 2.00. The number of hydrogen-bond acceptors (Lipinski definition) is 3. The molecule has 1 aliphatic heterocycles. The van der Waals surface area contributed by atoms with Crippen molar-refractivity contribution < 1.29 is 9.84 Å². The molecule has 0 radical (unpaired) electrons. The van der Waals surface area contributed by atoms with Crippen LogP contribution in [-0.2, 0) is 10.3 Å². The van der Waals surface area contributed by atoms with Crippen molar-refractivity contribution in [1.29, 1.82) is 0 Å². The maximum atomic E-state index is 10.1. The summed E-state index contributed by atoms with van der Waals surface area (Å²) in [7, 11) is 0. The number of rotatable bonds is 2. The first-order chi connectivity index (χ1) is 9.29. The van der Waals surface area contributed by atoms with Crippen molar-refractivity contribution >= 4 is 0 Å². The molecule has 2 aliphatic rings. The average Bonchev–Trinajstić information content (AvgIpc) is 2.88. The summed E-state index contributed by atoms with van der Waals surface area (Å²) in [6.45, 7) is 7.87. The lowest BCUT2D eigenvalue weighted by molar-refractivity contribution is 0.0741. The summed E-state index contributed by atoms with van der Waals surface area (Å²) in [6.07, 6.45) is 9.42. The molecule has 0 bridgehead atoms. The van der Waals surface area contributed by atoms with Crippen LogP contribution in [0.15, 0.2) is 42.0 Å². The van der Waals surface area contributed by atoms with E-state index in [0.717, 1.165) is 17.1 Å². The lowest BCUT2D eigenvalue weighted by Crippen LogP contribution is -2.20. The van der Waals surface area contributed by atoms with Crippen molar-refractivity contribution in [2.75, 3.05) is 0 Å². The molecule has 2 heterocycles. The number of imidazole rings is 1. The largest absolute Gasteiger partial charge is 0.472 e. The molecule has 1 aliphatic carbocycles. The molecule has 1 atom stereocenters. The zero-order valence-corrected chi connectivity index (χ0v) is 12.3. The Labute approximate surface area is 118 Å². The van der Waals surface area contributed by atoms with Crippen LogP contribution < -0.4 is 0 Å². The lowest BCUT2D eigenvalue weighted by Gasteiger charge is -2.26. The summed E-state index contributed by atoms with van der Waals surface area (Å²) in [5.74, 6) is 0.974. The highest BCUT2D eigenvalue weighted by Gasteiger charge is 2.41. The van der Waals surface area contributed by atoms with Gasteiger partial charge in [-0.05, 0) is 30.9 Å². The standard InChI is InChI=1S/C16H20N2O2/c1-15(2)7-10-5-6-20-9-11(10)13(15)14-17-8-12(18-14)16(3,4)19/h5-9,13,19H,1-4H3,(H,17,18). The van der Waals surface area contributed by atoms with Crippen molar-refractivity contribution in [3.8, 4) is 0 Å². The fraction of sp³-hybridized carbons (Fsp3) is 0.438. The second kappa shape index (κ2) is 4.09. The van der Waals surface area contributed by atoms with Crippen LogP contribution in [0.4, 0.5) is 0 Å². The summed E-state index contributed by atoms with van der Waals surface area (Å²) < 4.78 is 5.33. The van der Waals surface area contributed by atoms with Crippen LogP contribution in [0.5, 0.6) is 0 Å². The molecule has 1 unspecified atom stereocenters. The highest BCUT2D eigenvalue weighted by Crippen LogP contribution is 2.51. The third-order valence-electron chi connectivity index (χ3n) is 3.97. The Morgan fingerprint density at radius 1 is 1.40 bits per heavy atom. The monoisotopic (exact) mass is 272 g/mol. The number of ether oxygens (including phenoxy) is 1. The van der Waals surface area contributed by atoms with Crippen LogP contribution in [-0.4, -0.2) is 15.1 Å². The molecular formula is C16H20N2O2. The second-order valence-electron chi connectivity index (χ2n) is 6.61. The molecule has 4 heteroatoms. The number of H-pyrrole nitrogens is 1. The second-order valence-corrected chi connectivity index (χ2v) is 6.61. The van der Waals surface area contributed by atoms with E-state index in [0.29, 0.717) is 0 Å². The highest BCUT2D eigenvalue weighted by molar-refractivity contribution is 5.53. The number of allylic oxidation sites excluding steroid dienone is 4. The van der Waals surface area contributed by atoms with E-state index in [1.54, 1.807) is 32.6 Å². The SMILES string of the molecule is CC(C)(O)c1cnc(C2C3=COC=CC3=CC2(C)C)[nH]1. The first-order valence-corrected chi connectivity index (χ1v) is 6.82. The van der Waals surface area contributed by atoms with Crippen LogP contribution in [0, 0.1) is 5.41 Å². The van der Waals surface area contributed by atoms with Gasteiger partial charge in [0.1, 0.15) is 11.4 Å². The molecule has 0 fully saturated rings. The van der Waals surface area contributed by atoms with Gasteiger partial charge in [-0.3, -0.25) is 0 Å². The summed E-state index contributed by atoms with van der Waals surface area (Å²) in [5.41, 5.74) is 2.08. The van der Waals surface area contributed by atoms with Gasteiger partial charge in [0.05, 0.1) is 30.3 Å². The molecular weight excluding hydrogens is 252 g/mol. The normalized spacial score (nSPS) is 23.9. The number of fused-ring (bicyclic) bond motifs is 1. The van der Waals surface area contributed by atoms with Crippen molar-refractivity contribution in [2.24, 2.45) is 5.41 Å².